The van der Waals surface area contributed by atoms with Crippen LogP contribution in [0.15, 0.2) is 35.0 Å². The van der Waals surface area contributed by atoms with Crippen LogP contribution >= 0.6 is 11.6 Å². The van der Waals surface area contributed by atoms with Gasteiger partial charge in [-0.1, -0.05) is 11.6 Å². The molecule has 0 radical (unpaired) electrons. The summed E-state index contributed by atoms with van der Waals surface area (Å²) in [5.41, 5.74) is -1.15. The summed E-state index contributed by atoms with van der Waals surface area (Å²) in [4.78, 5) is 31.1. The molecule has 16 heteroatoms. The summed E-state index contributed by atoms with van der Waals surface area (Å²) in [5.74, 6) is -2.92. The Labute approximate surface area is 229 Å². The van der Waals surface area contributed by atoms with Crippen molar-refractivity contribution < 1.29 is 32.4 Å². The summed E-state index contributed by atoms with van der Waals surface area (Å²) in [5, 5.41) is 20.5. The first-order valence-electron chi connectivity index (χ1n) is 11.7. The normalized spacial score (nSPS) is 14.8. The van der Waals surface area contributed by atoms with Gasteiger partial charge in [-0.05, 0) is 41.1 Å². The van der Waals surface area contributed by atoms with Gasteiger partial charge in [-0.2, -0.15) is 4.80 Å². The van der Waals surface area contributed by atoms with Gasteiger partial charge in [-0.15, -0.1) is 10.2 Å². The molecule has 5 rings (SSSR count). The van der Waals surface area contributed by atoms with Crippen LogP contribution in [0.5, 0.6) is 5.88 Å². The van der Waals surface area contributed by atoms with Crippen LogP contribution in [0.2, 0.25) is 5.02 Å². The van der Waals surface area contributed by atoms with Crippen molar-refractivity contribution in [3.8, 4) is 28.4 Å². The molecule has 1 atom stereocenters. The number of hydrogen-bond donors (Lipinski definition) is 2. The highest BCUT2D eigenvalue weighted by Crippen LogP contribution is 2.35. The number of pyridine rings is 1. The molecule has 0 bridgehead atoms. The van der Waals surface area contributed by atoms with Crippen molar-refractivity contribution in [3.63, 3.8) is 0 Å². The second kappa shape index (κ2) is 10.6. The summed E-state index contributed by atoms with van der Waals surface area (Å²) in [6.45, 7) is 1.29. The standard InChI is InChI=1S/C24H21ClF2N8O5/c1-11(29-23(37)24(9-39-10-24)30-22(36)17-7-18(38-3)33-40-17)20-16(27)4-12(8-28-20)14-5-13(25)6-15(26)19(14)21-31-34-35(2)32-21/h4-8,11H,9-10H2,1-3H3,(H,29,37)(H,30,36)/t11-/m1/s1. The van der Waals surface area contributed by atoms with E-state index in [1.54, 1.807) is 0 Å². The Morgan fingerprint density at radius 3 is 2.58 bits per heavy atom. The molecule has 4 aromatic rings. The number of nitrogens with one attached hydrogen (secondary N) is 2. The minimum Gasteiger partial charge on any atom is -0.479 e. The number of halogens is 3. The van der Waals surface area contributed by atoms with Crippen LogP contribution < -0.4 is 15.4 Å². The van der Waals surface area contributed by atoms with Gasteiger partial charge < -0.3 is 24.6 Å². The minimum atomic E-state index is -1.42. The Morgan fingerprint density at radius 1 is 1.20 bits per heavy atom. The molecular formula is C24H21ClF2N8O5. The SMILES string of the molecule is COc1cc(C(=O)NC2(C(=O)N[C@H](C)c3ncc(-c4cc(Cl)cc(F)c4-c4nnn(C)n4)cc3F)COC2)on1. The minimum absolute atomic E-state index is 0.0179. The average molecular weight is 575 g/mol. The van der Waals surface area contributed by atoms with Gasteiger partial charge in [0.25, 0.3) is 17.7 Å². The Balaban J connectivity index is 1.36. The first kappa shape index (κ1) is 27.1. The summed E-state index contributed by atoms with van der Waals surface area (Å²) in [7, 11) is 2.88. The fraction of sp³-hybridized carbons (Fsp3) is 0.292. The van der Waals surface area contributed by atoms with E-state index in [2.05, 4.69) is 36.2 Å². The lowest BCUT2D eigenvalue weighted by Crippen LogP contribution is -2.70. The van der Waals surface area contributed by atoms with Gasteiger partial charge in [0.2, 0.25) is 11.6 Å². The molecule has 13 nitrogen and oxygen atoms in total. The summed E-state index contributed by atoms with van der Waals surface area (Å²) in [6.07, 6.45) is 1.31. The van der Waals surface area contributed by atoms with E-state index >= 15 is 4.39 Å². The zero-order valence-electron chi connectivity index (χ0n) is 21.2. The van der Waals surface area contributed by atoms with Gasteiger partial charge in [-0.25, -0.2) is 8.78 Å². The highest BCUT2D eigenvalue weighted by Gasteiger charge is 2.48. The van der Waals surface area contributed by atoms with Gasteiger partial charge in [0, 0.05) is 16.8 Å². The van der Waals surface area contributed by atoms with Crippen molar-refractivity contribution in [2.75, 3.05) is 20.3 Å². The molecule has 2 amide bonds. The van der Waals surface area contributed by atoms with Crippen molar-refractivity contribution in [3.05, 3.63) is 58.6 Å². The summed E-state index contributed by atoms with van der Waals surface area (Å²) < 4.78 is 45.2. The van der Waals surface area contributed by atoms with Gasteiger partial charge >= 0.3 is 0 Å². The molecule has 2 N–H and O–H groups in total. The number of methoxy groups -OCH3 is 1. The topological polar surface area (TPSA) is 159 Å². The van der Waals surface area contributed by atoms with Crippen molar-refractivity contribution >= 4 is 23.4 Å². The molecule has 1 fully saturated rings. The molecule has 4 heterocycles. The van der Waals surface area contributed by atoms with E-state index in [-0.39, 0.29) is 58.1 Å². The number of aryl methyl sites for hydroxylation is 1. The predicted molar refractivity (Wildman–Crippen MR) is 133 cm³/mol. The fourth-order valence-corrected chi connectivity index (χ4v) is 4.24. The van der Waals surface area contributed by atoms with Crippen molar-refractivity contribution in [2.24, 2.45) is 7.05 Å². The highest BCUT2D eigenvalue weighted by atomic mass is 35.5. The van der Waals surface area contributed by atoms with Crippen LogP contribution in [0, 0.1) is 11.6 Å². The number of tetrazole rings is 1. The monoisotopic (exact) mass is 574 g/mol. The lowest BCUT2D eigenvalue weighted by molar-refractivity contribution is -0.147. The molecule has 0 unspecified atom stereocenters. The number of ether oxygens (including phenoxy) is 2. The third-order valence-corrected chi connectivity index (χ3v) is 6.35. The van der Waals surface area contributed by atoms with Crippen molar-refractivity contribution in [2.45, 2.75) is 18.5 Å². The van der Waals surface area contributed by atoms with E-state index < -0.39 is 35.0 Å². The molecule has 40 heavy (non-hydrogen) atoms. The van der Waals surface area contributed by atoms with Gasteiger partial charge in [0.05, 0.1) is 50.7 Å². The second-order valence-electron chi connectivity index (χ2n) is 8.96. The Bertz CT molecular complexity index is 1610. The van der Waals surface area contributed by atoms with E-state index in [0.717, 1.165) is 16.9 Å². The summed E-state index contributed by atoms with van der Waals surface area (Å²) >= 11 is 6.07. The molecule has 3 aromatic heterocycles. The smallest absolute Gasteiger partial charge is 0.291 e. The number of amides is 2. The van der Waals surface area contributed by atoms with Crippen molar-refractivity contribution in [1.29, 1.82) is 0 Å². The molecule has 1 aliphatic rings. The fourth-order valence-electron chi connectivity index (χ4n) is 4.04. The maximum atomic E-state index is 15.3. The number of aromatic nitrogens is 6. The Kier molecular flexibility index (Phi) is 7.16. The van der Waals surface area contributed by atoms with E-state index in [1.165, 1.54) is 39.4 Å². The molecule has 0 aliphatic carbocycles. The lowest BCUT2D eigenvalue weighted by atomic mass is 9.95. The zero-order chi connectivity index (χ0) is 28.6. The molecule has 208 valence electrons. The summed E-state index contributed by atoms with van der Waals surface area (Å²) in [6, 6.07) is 4.01. The van der Waals surface area contributed by atoms with Crippen LogP contribution in [0.3, 0.4) is 0 Å². The van der Waals surface area contributed by atoms with Gasteiger partial charge in [0.15, 0.2) is 5.54 Å². The average Bonchev–Trinajstić information content (AvgIpc) is 3.54. The number of nitrogens with zero attached hydrogens (tertiary/aromatic N) is 6. The van der Waals surface area contributed by atoms with Crippen LogP contribution in [-0.2, 0) is 16.6 Å². The maximum Gasteiger partial charge on any atom is 0.291 e. The van der Waals surface area contributed by atoms with E-state index in [0.29, 0.717) is 0 Å². The first-order valence-corrected chi connectivity index (χ1v) is 12.1. The largest absolute Gasteiger partial charge is 0.479 e. The quantitative estimate of drug-likeness (QED) is 0.319. The van der Waals surface area contributed by atoms with Crippen LogP contribution in [0.25, 0.3) is 22.5 Å². The number of benzene rings is 1. The lowest BCUT2D eigenvalue weighted by Gasteiger charge is -2.40. The molecule has 0 saturated carbocycles. The highest BCUT2D eigenvalue weighted by molar-refractivity contribution is 6.31. The Morgan fingerprint density at radius 2 is 1.98 bits per heavy atom. The first-order chi connectivity index (χ1) is 19.1. The molecular weight excluding hydrogens is 554 g/mol. The number of rotatable bonds is 8. The third-order valence-electron chi connectivity index (χ3n) is 6.13. The van der Waals surface area contributed by atoms with E-state index in [4.69, 9.17) is 25.6 Å². The van der Waals surface area contributed by atoms with Gasteiger partial charge in [0.1, 0.15) is 11.6 Å². The zero-order valence-corrected chi connectivity index (χ0v) is 22.0. The number of carbonyl (C=O) groups is 2. The van der Waals surface area contributed by atoms with Gasteiger partial charge in [-0.3, -0.25) is 14.6 Å². The maximum absolute atomic E-state index is 15.3. The third kappa shape index (κ3) is 5.08. The number of carbonyl (C=O) groups excluding carboxylic acids is 2. The molecule has 1 aromatic carbocycles. The van der Waals surface area contributed by atoms with Crippen LogP contribution in [-0.4, -0.2) is 68.0 Å². The van der Waals surface area contributed by atoms with Crippen molar-refractivity contribution in [1.82, 2.24) is 41.0 Å². The molecule has 1 aliphatic heterocycles. The molecule has 1 saturated heterocycles. The van der Waals surface area contributed by atoms with Crippen LogP contribution in [0.4, 0.5) is 8.78 Å². The predicted octanol–water partition coefficient (Wildman–Crippen LogP) is 2.24. The van der Waals surface area contributed by atoms with E-state index in [1.807, 2.05) is 0 Å². The number of hydrogen-bond acceptors (Lipinski definition) is 10. The van der Waals surface area contributed by atoms with Crippen LogP contribution in [0.1, 0.15) is 29.2 Å². The molecule has 0 spiro atoms. The van der Waals surface area contributed by atoms with E-state index in [9.17, 15) is 14.0 Å². The second-order valence-corrected chi connectivity index (χ2v) is 9.40. The Hall–Kier alpha value is -4.50.